The molecule has 0 aromatic heterocycles. The summed E-state index contributed by atoms with van der Waals surface area (Å²) in [5.74, 6) is 0.991. The van der Waals surface area contributed by atoms with Crippen LogP contribution in [0.25, 0.3) is 0 Å². The predicted molar refractivity (Wildman–Crippen MR) is 96.5 cm³/mol. The molecule has 0 bridgehead atoms. The number of halogens is 1. The second-order valence-electron chi connectivity index (χ2n) is 6.13. The number of para-hydroxylation sites is 1. The van der Waals surface area contributed by atoms with Gasteiger partial charge in [0.25, 0.3) is 0 Å². The Balaban J connectivity index is 2.24. The first kappa shape index (κ1) is 17.0. The number of nitrogens with zero attached hydrogens (tertiary/aromatic N) is 1. The van der Waals surface area contributed by atoms with E-state index >= 15 is 0 Å². The van der Waals surface area contributed by atoms with Crippen LogP contribution >= 0.6 is 15.9 Å². The fraction of sp³-hybridized carbons (Fsp3) is 0.368. The fourth-order valence-electron chi connectivity index (χ4n) is 2.66. The van der Waals surface area contributed by atoms with Crippen molar-refractivity contribution < 1.29 is 4.74 Å². The SMILES string of the molecule is Cc1cc(CN(C)C)cc(COc2c(C)cccc2C)c1Br. The zero-order valence-corrected chi connectivity index (χ0v) is 15.6. The van der Waals surface area contributed by atoms with Crippen LogP contribution in [0.2, 0.25) is 0 Å². The highest BCUT2D eigenvalue weighted by atomic mass is 79.9. The number of ether oxygens (including phenoxy) is 1. The Labute approximate surface area is 142 Å². The third-order valence-electron chi connectivity index (χ3n) is 3.67. The summed E-state index contributed by atoms with van der Waals surface area (Å²) in [6.07, 6.45) is 0. The number of hydrogen-bond acceptors (Lipinski definition) is 2. The van der Waals surface area contributed by atoms with Crippen molar-refractivity contribution in [2.75, 3.05) is 14.1 Å². The quantitative estimate of drug-likeness (QED) is 0.741. The summed E-state index contributed by atoms with van der Waals surface area (Å²) < 4.78 is 7.25. The third-order valence-corrected chi connectivity index (χ3v) is 4.80. The van der Waals surface area contributed by atoms with Crippen LogP contribution in [0.3, 0.4) is 0 Å². The second kappa shape index (κ2) is 7.30. The number of aryl methyl sites for hydroxylation is 3. The highest BCUT2D eigenvalue weighted by Gasteiger charge is 2.09. The van der Waals surface area contributed by atoms with Gasteiger partial charge in [-0.15, -0.1) is 0 Å². The van der Waals surface area contributed by atoms with E-state index in [0.29, 0.717) is 6.61 Å². The van der Waals surface area contributed by atoms with E-state index in [1.807, 2.05) is 0 Å². The molecule has 0 aliphatic carbocycles. The summed E-state index contributed by atoms with van der Waals surface area (Å²) in [5, 5.41) is 0. The van der Waals surface area contributed by atoms with E-state index in [4.69, 9.17) is 4.74 Å². The van der Waals surface area contributed by atoms with Crippen molar-refractivity contribution in [1.82, 2.24) is 4.90 Å². The summed E-state index contributed by atoms with van der Waals surface area (Å²) in [6, 6.07) is 10.7. The molecule has 3 heteroatoms. The van der Waals surface area contributed by atoms with Gasteiger partial charge in [-0.25, -0.2) is 0 Å². The summed E-state index contributed by atoms with van der Waals surface area (Å²) in [4.78, 5) is 2.18. The van der Waals surface area contributed by atoms with Gasteiger partial charge in [0.05, 0.1) is 0 Å². The first-order valence-electron chi connectivity index (χ1n) is 7.50. The van der Waals surface area contributed by atoms with E-state index in [1.54, 1.807) is 0 Å². The van der Waals surface area contributed by atoms with Crippen LogP contribution in [0.1, 0.15) is 27.8 Å². The van der Waals surface area contributed by atoms with Crippen LogP contribution < -0.4 is 4.74 Å². The summed E-state index contributed by atoms with van der Waals surface area (Å²) in [5.41, 5.74) is 6.11. The molecule has 0 fully saturated rings. The van der Waals surface area contributed by atoms with Crippen LogP contribution in [0.4, 0.5) is 0 Å². The molecule has 2 nitrogen and oxygen atoms in total. The molecule has 118 valence electrons. The molecule has 22 heavy (non-hydrogen) atoms. The maximum Gasteiger partial charge on any atom is 0.125 e. The maximum atomic E-state index is 6.11. The molecule has 0 atom stereocenters. The molecule has 2 rings (SSSR count). The van der Waals surface area contributed by atoms with Gasteiger partial charge < -0.3 is 9.64 Å². The molecule has 0 saturated carbocycles. The van der Waals surface area contributed by atoms with Crippen LogP contribution in [0.15, 0.2) is 34.8 Å². The average Bonchev–Trinajstić information content (AvgIpc) is 2.42. The second-order valence-corrected chi connectivity index (χ2v) is 6.93. The minimum absolute atomic E-state index is 0.578. The van der Waals surface area contributed by atoms with Crippen molar-refractivity contribution >= 4 is 15.9 Å². The minimum Gasteiger partial charge on any atom is -0.488 e. The standard InChI is InChI=1S/C19H24BrNO/c1-13-7-6-8-14(2)19(13)22-12-17-10-16(11-21(4)5)9-15(3)18(17)20/h6-10H,11-12H2,1-5H3. The highest BCUT2D eigenvalue weighted by Crippen LogP contribution is 2.28. The third kappa shape index (κ3) is 4.11. The Kier molecular flexibility index (Phi) is 5.65. The summed E-state index contributed by atoms with van der Waals surface area (Å²) >= 11 is 3.70. The van der Waals surface area contributed by atoms with Gasteiger partial charge in [-0.05, 0) is 63.2 Å². The molecule has 0 saturated heterocycles. The molecule has 0 N–H and O–H groups in total. The van der Waals surface area contributed by atoms with Gasteiger partial charge in [0, 0.05) is 16.6 Å². The lowest BCUT2D eigenvalue weighted by Gasteiger charge is -2.16. The van der Waals surface area contributed by atoms with Crippen LogP contribution in [-0.4, -0.2) is 19.0 Å². The van der Waals surface area contributed by atoms with Crippen molar-refractivity contribution in [2.45, 2.75) is 33.9 Å². The number of rotatable bonds is 5. The smallest absolute Gasteiger partial charge is 0.125 e. The monoisotopic (exact) mass is 361 g/mol. The molecular formula is C19H24BrNO. The van der Waals surface area contributed by atoms with Gasteiger partial charge in [0.15, 0.2) is 0 Å². The molecule has 0 unspecified atom stereocenters. The van der Waals surface area contributed by atoms with Crippen LogP contribution in [-0.2, 0) is 13.2 Å². The molecule has 0 spiro atoms. The van der Waals surface area contributed by atoms with Gasteiger partial charge >= 0.3 is 0 Å². The van der Waals surface area contributed by atoms with Crippen molar-refractivity contribution in [3.8, 4) is 5.75 Å². The average molecular weight is 362 g/mol. The topological polar surface area (TPSA) is 12.5 Å². The van der Waals surface area contributed by atoms with Crippen LogP contribution in [0, 0.1) is 20.8 Å². The lowest BCUT2D eigenvalue weighted by atomic mass is 10.1. The van der Waals surface area contributed by atoms with Gasteiger partial charge in [0.1, 0.15) is 12.4 Å². The molecular weight excluding hydrogens is 338 g/mol. The molecule has 0 aliphatic heterocycles. The Morgan fingerprint density at radius 3 is 2.23 bits per heavy atom. The van der Waals surface area contributed by atoms with E-state index in [9.17, 15) is 0 Å². The van der Waals surface area contributed by atoms with E-state index in [1.165, 1.54) is 27.8 Å². The van der Waals surface area contributed by atoms with Gasteiger partial charge in [-0.2, -0.15) is 0 Å². The zero-order valence-electron chi connectivity index (χ0n) is 14.0. The summed E-state index contributed by atoms with van der Waals surface area (Å²) in [6.45, 7) is 7.82. The Morgan fingerprint density at radius 2 is 1.64 bits per heavy atom. The zero-order chi connectivity index (χ0) is 16.3. The molecule has 0 amide bonds. The Hall–Kier alpha value is -1.32. The van der Waals surface area contributed by atoms with Crippen molar-refractivity contribution in [3.05, 3.63) is 62.6 Å². The Bertz CT molecular complexity index is 644. The number of hydrogen-bond donors (Lipinski definition) is 0. The molecule has 2 aromatic rings. The summed E-state index contributed by atoms with van der Waals surface area (Å²) in [7, 11) is 4.18. The van der Waals surface area contributed by atoms with E-state index in [0.717, 1.165) is 16.8 Å². The Morgan fingerprint density at radius 1 is 1.00 bits per heavy atom. The normalized spacial score (nSPS) is 11.0. The highest BCUT2D eigenvalue weighted by molar-refractivity contribution is 9.10. The van der Waals surface area contributed by atoms with Gasteiger partial charge in [0.2, 0.25) is 0 Å². The largest absolute Gasteiger partial charge is 0.488 e. The van der Waals surface area contributed by atoms with Crippen LogP contribution in [0.5, 0.6) is 5.75 Å². The molecule has 0 heterocycles. The van der Waals surface area contributed by atoms with E-state index in [2.05, 4.69) is 86.0 Å². The van der Waals surface area contributed by atoms with E-state index in [-0.39, 0.29) is 0 Å². The van der Waals surface area contributed by atoms with Gasteiger partial charge in [-0.3, -0.25) is 0 Å². The van der Waals surface area contributed by atoms with Crippen molar-refractivity contribution in [3.63, 3.8) is 0 Å². The fourth-order valence-corrected chi connectivity index (χ4v) is 3.01. The minimum atomic E-state index is 0.578. The lowest BCUT2D eigenvalue weighted by molar-refractivity contribution is 0.300. The molecule has 0 aliphatic rings. The molecule has 0 radical (unpaired) electrons. The van der Waals surface area contributed by atoms with Gasteiger partial charge in [-0.1, -0.05) is 40.2 Å². The van der Waals surface area contributed by atoms with Crippen molar-refractivity contribution in [1.29, 1.82) is 0 Å². The maximum absolute atomic E-state index is 6.11. The van der Waals surface area contributed by atoms with E-state index < -0.39 is 0 Å². The molecule has 2 aromatic carbocycles. The lowest BCUT2D eigenvalue weighted by Crippen LogP contribution is -2.11. The van der Waals surface area contributed by atoms with Crippen molar-refractivity contribution in [2.24, 2.45) is 0 Å². The first-order chi connectivity index (χ1) is 10.4. The predicted octanol–water partition coefficient (Wildman–Crippen LogP) is 5.01. The number of benzene rings is 2. The first-order valence-corrected chi connectivity index (χ1v) is 8.29.